The molecule has 8 heteroatoms. The van der Waals surface area contributed by atoms with Crippen LogP contribution in [0.4, 0.5) is 22.7 Å². The van der Waals surface area contributed by atoms with Crippen LogP contribution >= 0.6 is 0 Å². The summed E-state index contributed by atoms with van der Waals surface area (Å²) in [5.41, 5.74) is 26.2. The van der Waals surface area contributed by atoms with Gasteiger partial charge in [-0.25, -0.2) is 0 Å². The summed E-state index contributed by atoms with van der Waals surface area (Å²) in [5, 5.41) is 0. The molecule has 1 atom stereocenters. The minimum absolute atomic E-state index is 0.186. The van der Waals surface area contributed by atoms with E-state index in [2.05, 4.69) is 6.92 Å². The number of unbranched alkanes of at least 4 members (excludes halogenated alkanes) is 4. The van der Waals surface area contributed by atoms with Crippen LogP contribution in [0, 0.1) is 0 Å². The standard InChI is InChI=1S/C35H44N4O4/c1-2-30(40-31-17-9-26(36)10-18-31)8-6-4-3-5-7-25-35(41-32-19-11-27(37)12-20-32,42-33-21-13-28(38)14-22-33)43-34-23-15-29(39)16-24-34/h9-24,30H,2-8,25,36-39H2,1H3. The molecule has 0 saturated carbocycles. The summed E-state index contributed by atoms with van der Waals surface area (Å²) in [6.07, 6.45) is 7.69. The zero-order valence-electron chi connectivity index (χ0n) is 24.9. The maximum Gasteiger partial charge on any atom is 0.417 e. The summed E-state index contributed by atoms with van der Waals surface area (Å²) in [6.45, 7) is 2.16. The summed E-state index contributed by atoms with van der Waals surface area (Å²) >= 11 is 0. The second kappa shape index (κ2) is 15.5. The maximum absolute atomic E-state index is 6.48. The lowest BCUT2D eigenvalue weighted by molar-refractivity contribution is -0.257. The molecule has 4 rings (SSSR count). The van der Waals surface area contributed by atoms with E-state index in [1.54, 1.807) is 72.8 Å². The lowest BCUT2D eigenvalue weighted by Crippen LogP contribution is -2.48. The minimum atomic E-state index is -1.44. The van der Waals surface area contributed by atoms with Gasteiger partial charge in [-0.05, 0) is 123 Å². The molecule has 0 spiro atoms. The Hall–Kier alpha value is -4.72. The Labute approximate surface area is 254 Å². The smallest absolute Gasteiger partial charge is 0.417 e. The van der Waals surface area contributed by atoms with Gasteiger partial charge >= 0.3 is 5.97 Å². The van der Waals surface area contributed by atoms with Gasteiger partial charge in [-0.2, -0.15) is 0 Å². The molecule has 0 aliphatic heterocycles. The molecule has 0 amide bonds. The highest BCUT2D eigenvalue weighted by molar-refractivity contribution is 5.44. The number of nitrogen functional groups attached to an aromatic ring is 4. The summed E-state index contributed by atoms with van der Waals surface area (Å²) in [4.78, 5) is 0. The second-order valence-corrected chi connectivity index (χ2v) is 10.7. The van der Waals surface area contributed by atoms with Gasteiger partial charge in [0, 0.05) is 22.7 Å². The largest absolute Gasteiger partial charge is 0.490 e. The highest BCUT2D eigenvalue weighted by Gasteiger charge is 2.38. The van der Waals surface area contributed by atoms with Crippen molar-refractivity contribution >= 4 is 22.7 Å². The average molecular weight is 585 g/mol. The number of anilines is 4. The Morgan fingerprint density at radius 2 is 0.837 bits per heavy atom. The first-order chi connectivity index (χ1) is 20.8. The van der Waals surface area contributed by atoms with Gasteiger partial charge in [0.25, 0.3) is 0 Å². The van der Waals surface area contributed by atoms with Crippen LogP contribution in [0.5, 0.6) is 23.0 Å². The van der Waals surface area contributed by atoms with E-state index in [0.717, 1.165) is 56.4 Å². The summed E-state index contributed by atoms with van der Waals surface area (Å²) in [6, 6.07) is 29.1. The summed E-state index contributed by atoms with van der Waals surface area (Å²) in [7, 11) is 0. The molecule has 0 fully saturated rings. The molecule has 0 heterocycles. The molecule has 4 aromatic rings. The first-order valence-corrected chi connectivity index (χ1v) is 15.0. The van der Waals surface area contributed by atoms with Gasteiger partial charge in [0.15, 0.2) is 0 Å². The number of benzene rings is 4. The van der Waals surface area contributed by atoms with Crippen molar-refractivity contribution in [3.8, 4) is 23.0 Å². The van der Waals surface area contributed by atoms with Gasteiger partial charge in [-0.3, -0.25) is 0 Å². The van der Waals surface area contributed by atoms with Crippen molar-refractivity contribution in [1.82, 2.24) is 0 Å². The molecule has 0 radical (unpaired) electrons. The van der Waals surface area contributed by atoms with Crippen molar-refractivity contribution in [3.05, 3.63) is 97.1 Å². The van der Waals surface area contributed by atoms with Crippen LogP contribution in [0.25, 0.3) is 0 Å². The van der Waals surface area contributed by atoms with E-state index in [4.69, 9.17) is 41.9 Å². The van der Waals surface area contributed by atoms with Gasteiger partial charge in [-0.15, -0.1) is 0 Å². The van der Waals surface area contributed by atoms with E-state index in [-0.39, 0.29) is 6.10 Å². The SMILES string of the molecule is CCC(CCCCCCCC(Oc1ccc(N)cc1)(Oc1ccc(N)cc1)Oc1ccc(N)cc1)Oc1ccc(N)cc1. The molecule has 0 bridgehead atoms. The van der Waals surface area contributed by atoms with Gasteiger partial charge < -0.3 is 41.9 Å². The first-order valence-electron chi connectivity index (χ1n) is 15.0. The summed E-state index contributed by atoms with van der Waals surface area (Å²) in [5.74, 6) is 1.15. The predicted octanol–water partition coefficient (Wildman–Crippen LogP) is 7.79. The van der Waals surface area contributed by atoms with Crippen LogP contribution in [-0.4, -0.2) is 12.1 Å². The van der Waals surface area contributed by atoms with E-state index >= 15 is 0 Å². The molecule has 0 aliphatic rings. The molecule has 1 unspecified atom stereocenters. The second-order valence-electron chi connectivity index (χ2n) is 10.7. The van der Waals surface area contributed by atoms with Crippen LogP contribution in [0.2, 0.25) is 0 Å². The van der Waals surface area contributed by atoms with E-state index in [1.807, 2.05) is 24.3 Å². The topological polar surface area (TPSA) is 141 Å². The van der Waals surface area contributed by atoms with Crippen LogP contribution in [-0.2, 0) is 0 Å². The highest BCUT2D eigenvalue weighted by Crippen LogP contribution is 2.32. The van der Waals surface area contributed by atoms with Gasteiger partial charge in [0.1, 0.15) is 23.0 Å². The number of hydrogen-bond acceptors (Lipinski definition) is 8. The van der Waals surface area contributed by atoms with Crippen molar-refractivity contribution < 1.29 is 18.9 Å². The van der Waals surface area contributed by atoms with Crippen LogP contribution in [0.15, 0.2) is 97.1 Å². The maximum atomic E-state index is 6.48. The Kier molecular flexibility index (Phi) is 11.2. The third kappa shape index (κ3) is 10.3. The van der Waals surface area contributed by atoms with Crippen molar-refractivity contribution in [1.29, 1.82) is 0 Å². The van der Waals surface area contributed by atoms with Crippen molar-refractivity contribution in [3.63, 3.8) is 0 Å². The number of rotatable bonds is 17. The lowest BCUT2D eigenvalue weighted by Gasteiger charge is -2.34. The Bertz CT molecular complexity index is 1250. The molecule has 0 aliphatic carbocycles. The summed E-state index contributed by atoms with van der Waals surface area (Å²) < 4.78 is 25.6. The fourth-order valence-corrected chi connectivity index (χ4v) is 4.69. The molecule has 8 nitrogen and oxygen atoms in total. The molecular weight excluding hydrogens is 540 g/mol. The van der Waals surface area contributed by atoms with E-state index in [9.17, 15) is 0 Å². The van der Waals surface area contributed by atoms with Crippen LogP contribution in [0.3, 0.4) is 0 Å². The normalized spacial score (nSPS) is 11.9. The van der Waals surface area contributed by atoms with Crippen molar-refractivity contribution in [2.45, 2.75) is 70.4 Å². The quantitative estimate of drug-likeness (QED) is 0.0560. The molecule has 8 N–H and O–H groups in total. The fourth-order valence-electron chi connectivity index (χ4n) is 4.69. The molecule has 4 aromatic carbocycles. The van der Waals surface area contributed by atoms with Crippen LogP contribution in [0.1, 0.15) is 58.3 Å². The Balaban J connectivity index is 1.39. The average Bonchev–Trinajstić information content (AvgIpc) is 3.00. The van der Waals surface area contributed by atoms with E-state index in [1.165, 1.54) is 0 Å². The molecule has 0 saturated heterocycles. The molecule has 228 valence electrons. The predicted molar refractivity (Wildman–Crippen MR) is 175 cm³/mol. The zero-order valence-corrected chi connectivity index (χ0v) is 24.9. The zero-order chi connectivity index (χ0) is 30.5. The lowest BCUT2D eigenvalue weighted by atomic mass is 10.0. The fraction of sp³-hybridized carbons (Fsp3) is 0.314. The Morgan fingerprint density at radius 1 is 0.488 bits per heavy atom. The number of ether oxygens (including phenoxy) is 4. The van der Waals surface area contributed by atoms with Crippen molar-refractivity contribution in [2.75, 3.05) is 22.9 Å². The van der Waals surface area contributed by atoms with Gasteiger partial charge in [-0.1, -0.05) is 26.2 Å². The molecular formula is C35H44N4O4. The van der Waals surface area contributed by atoms with Gasteiger partial charge in [0.05, 0.1) is 12.5 Å². The van der Waals surface area contributed by atoms with Gasteiger partial charge in [0.2, 0.25) is 0 Å². The first kappa shape index (κ1) is 31.2. The van der Waals surface area contributed by atoms with E-state index < -0.39 is 5.97 Å². The van der Waals surface area contributed by atoms with Crippen LogP contribution < -0.4 is 41.9 Å². The third-order valence-electron chi connectivity index (χ3n) is 7.11. The number of hydrogen-bond donors (Lipinski definition) is 4. The minimum Gasteiger partial charge on any atom is -0.490 e. The third-order valence-corrected chi connectivity index (χ3v) is 7.11. The van der Waals surface area contributed by atoms with Crippen molar-refractivity contribution in [2.24, 2.45) is 0 Å². The Morgan fingerprint density at radius 3 is 1.23 bits per heavy atom. The number of nitrogens with two attached hydrogens (primary N) is 4. The molecule has 0 aromatic heterocycles. The molecule has 43 heavy (non-hydrogen) atoms. The monoisotopic (exact) mass is 584 g/mol. The van der Waals surface area contributed by atoms with E-state index in [0.29, 0.717) is 40.7 Å². The highest BCUT2D eigenvalue weighted by atomic mass is 16.9.